The number of carbonyl (C=O) groups is 2. The number of amides is 1. The van der Waals surface area contributed by atoms with Gasteiger partial charge in [0.2, 0.25) is 11.6 Å². The zero-order valence-electron chi connectivity index (χ0n) is 24.3. The highest BCUT2D eigenvalue weighted by Crippen LogP contribution is 2.41. The van der Waals surface area contributed by atoms with Gasteiger partial charge in [-0.3, -0.25) is 19.0 Å². The second-order valence-electron chi connectivity index (χ2n) is 10.6. The number of aromatic nitrogens is 4. The normalized spacial score (nSPS) is 14.6. The number of hydrogen-bond donors (Lipinski definition) is 2. The van der Waals surface area contributed by atoms with E-state index in [9.17, 15) is 19.2 Å². The summed E-state index contributed by atoms with van der Waals surface area (Å²) in [5.74, 6) is 0.323. The lowest BCUT2D eigenvalue weighted by Gasteiger charge is -2.15. The Morgan fingerprint density at radius 2 is 1.70 bits per heavy atom. The Hall–Kier alpha value is -4.32. The molecule has 228 valence electrons. The largest absolute Gasteiger partial charge is 0.481 e. The van der Waals surface area contributed by atoms with Crippen LogP contribution in [0.1, 0.15) is 35.3 Å². The molecule has 1 amide bonds. The van der Waals surface area contributed by atoms with E-state index < -0.39 is 22.9 Å². The van der Waals surface area contributed by atoms with E-state index in [1.807, 2.05) is 24.3 Å². The van der Waals surface area contributed by atoms with Crippen LogP contribution in [0.3, 0.4) is 0 Å². The van der Waals surface area contributed by atoms with Gasteiger partial charge in [-0.25, -0.2) is 14.5 Å². The van der Waals surface area contributed by atoms with Crippen molar-refractivity contribution in [3.63, 3.8) is 0 Å². The fourth-order valence-electron chi connectivity index (χ4n) is 5.20. The van der Waals surface area contributed by atoms with Crippen LogP contribution in [0.5, 0.6) is 5.88 Å². The molecule has 0 spiro atoms. The number of nitrogens with one attached hydrogen (secondary N) is 2. The van der Waals surface area contributed by atoms with Crippen LogP contribution in [0.15, 0.2) is 58.1 Å². The molecule has 1 fully saturated rings. The second-order valence-corrected chi connectivity index (χ2v) is 11.3. The first-order chi connectivity index (χ1) is 21.1. The fraction of sp³-hybridized carbons (Fsp3) is 0.290. The summed E-state index contributed by atoms with van der Waals surface area (Å²) in [7, 11) is 4.17. The number of hydrogen-bond acceptors (Lipinski definition) is 8. The van der Waals surface area contributed by atoms with Crippen LogP contribution in [0, 0.1) is 5.92 Å². The molecule has 0 bridgehead atoms. The van der Waals surface area contributed by atoms with Crippen LogP contribution >= 0.6 is 23.2 Å². The van der Waals surface area contributed by atoms with Crippen LogP contribution in [0.2, 0.25) is 10.0 Å². The van der Waals surface area contributed by atoms with Gasteiger partial charge in [0, 0.05) is 55.7 Å². The molecule has 1 saturated carbocycles. The third-order valence-corrected chi connectivity index (χ3v) is 8.39. The molecule has 44 heavy (non-hydrogen) atoms. The summed E-state index contributed by atoms with van der Waals surface area (Å²) in [5.41, 5.74) is 1.54. The number of benzene rings is 2. The number of anilines is 1. The first-order valence-corrected chi connectivity index (χ1v) is 14.6. The van der Waals surface area contributed by atoms with Crippen molar-refractivity contribution in [3.8, 4) is 28.3 Å². The molecular formula is C31H30Cl2N6O5. The van der Waals surface area contributed by atoms with Crippen molar-refractivity contribution in [2.75, 3.05) is 19.0 Å². The fourth-order valence-corrected chi connectivity index (χ4v) is 5.80. The predicted molar refractivity (Wildman–Crippen MR) is 168 cm³/mol. The number of carbonyl (C=O) groups excluding carboxylic acids is 2. The minimum Gasteiger partial charge on any atom is -0.481 e. The molecule has 0 saturated heterocycles. The number of halogens is 2. The maximum absolute atomic E-state index is 13.0. The van der Waals surface area contributed by atoms with Crippen molar-refractivity contribution in [2.24, 2.45) is 20.0 Å². The van der Waals surface area contributed by atoms with Crippen LogP contribution in [0.4, 0.5) is 5.69 Å². The van der Waals surface area contributed by atoms with Gasteiger partial charge in [0.15, 0.2) is 0 Å². The Kier molecular flexibility index (Phi) is 9.28. The Balaban J connectivity index is 1.40. The van der Waals surface area contributed by atoms with Crippen LogP contribution < -0.4 is 26.6 Å². The maximum Gasteiger partial charge on any atom is 0.346 e. The molecule has 2 N–H and O–H groups in total. The zero-order valence-corrected chi connectivity index (χ0v) is 25.8. The Morgan fingerprint density at radius 1 is 1.00 bits per heavy atom. The van der Waals surface area contributed by atoms with Gasteiger partial charge in [-0.15, -0.1) is 0 Å². The highest BCUT2D eigenvalue weighted by molar-refractivity contribution is 6.39. The summed E-state index contributed by atoms with van der Waals surface area (Å²) in [4.78, 5) is 53.7. The van der Waals surface area contributed by atoms with Gasteiger partial charge >= 0.3 is 5.69 Å². The van der Waals surface area contributed by atoms with Gasteiger partial charge in [0.1, 0.15) is 5.78 Å². The minimum absolute atomic E-state index is 0.192. The number of Topliss-reactive ketones (excluding diaryl/α,β-unsaturated/α-hetero) is 1. The first-order valence-electron chi connectivity index (χ1n) is 13.9. The Labute approximate surface area is 262 Å². The minimum atomic E-state index is -0.830. The van der Waals surface area contributed by atoms with Gasteiger partial charge in [0.05, 0.1) is 28.5 Å². The lowest BCUT2D eigenvalue weighted by molar-refractivity contribution is -0.117. The quantitative estimate of drug-likeness (QED) is 0.278. The summed E-state index contributed by atoms with van der Waals surface area (Å²) < 4.78 is 7.29. The zero-order chi connectivity index (χ0) is 31.5. The molecule has 13 heteroatoms. The molecule has 4 aromatic rings. The molecular weight excluding hydrogens is 607 g/mol. The summed E-state index contributed by atoms with van der Waals surface area (Å²) in [6.07, 6.45) is 2.20. The predicted octanol–water partition coefficient (Wildman–Crippen LogP) is 4.23. The third kappa shape index (κ3) is 6.30. The standard InChI is InChI=1S/C31H30Cl2N6O5/c1-38-30(42)27(37-39(2)31(38)43)28(41)35-24-9-5-7-21(26(24)33)20-6-4-8-22(25(20)32)23-13-11-18(29(36-23)44-3)16-34-15-17-10-12-19(40)14-17/h4-9,11,13,17,34H,10,12,14-16H2,1-3H3,(H,35,41)/t17-/m1/s1. The Bertz CT molecular complexity index is 1890. The second kappa shape index (κ2) is 13.1. The van der Waals surface area contributed by atoms with Crippen LogP contribution in [-0.2, 0) is 25.4 Å². The average Bonchev–Trinajstić information content (AvgIpc) is 3.44. The van der Waals surface area contributed by atoms with E-state index in [1.165, 1.54) is 14.1 Å². The number of methoxy groups -OCH3 is 1. The number of rotatable bonds is 9. The van der Waals surface area contributed by atoms with Crippen LogP contribution in [0.25, 0.3) is 22.4 Å². The van der Waals surface area contributed by atoms with E-state index in [1.54, 1.807) is 31.4 Å². The molecule has 2 aromatic heterocycles. The molecule has 0 unspecified atom stereocenters. The van der Waals surface area contributed by atoms with E-state index >= 15 is 0 Å². The lowest BCUT2D eigenvalue weighted by Crippen LogP contribution is -2.43. The van der Waals surface area contributed by atoms with Crippen molar-refractivity contribution in [1.29, 1.82) is 0 Å². The molecule has 0 aliphatic heterocycles. The smallest absolute Gasteiger partial charge is 0.346 e. The van der Waals surface area contributed by atoms with Gasteiger partial charge < -0.3 is 15.4 Å². The van der Waals surface area contributed by atoms with Gasteiger partial charge in [-0.1, -0.05) is 59.6 Å². The third-order valence-electron chi connectivity index (χ3n) is 7.58. The van der Waals surface area contributed by atoms with Gasteiger partial charge in [0.25, 0.3) is 11.5 Å². The van der Waals surface area contributed by atoms with Crippen molar-refractivity contribution in [2.45, 2.75) is 25.8 Å². The van der Waals surface area contributed by atoms with Crippen molar-refractivity contribution in [3.05, 3.63) is 90.7 Å². The van der Waals surface area contributed by atoms with Crippen molar-refractivity contribution < 1.29 is 14.3 Å². The van der Waals surface area contributed by atoms with Gasteiger partial charge in [-0.05, 0) is 31.0 Å². The van der Waals surface area contributed by atoms with E-state index in [-0.39, 0.29) is 10.7 Å². The molecule has 5 rings (SSSR count). The molecule has 2 heterocycles. The summed E-state index contributed by atoms with van der Waals surface area (Å²) in [5, 5.41) is 10.4. The van der Waals surface area contributed by atoms with Gasteiger partial charge in [-0.2, -0.15) is 5.10 Å². The van der Waals surface area contributed by atoms with E-state index in [2.05, 4.69) is 15.7 Å². The molecule has 2 aromatic carbocycles. The molecule has 0 radical (unpaired) electrons. The highest BCUT2D eigenvalue weighted by Gasteiger charge is 2.23. The molecule has 1 aliphatic carbocycles. The summed E-state index contributed by atoms with van der Waals surface area (Å²) in [6.45, 7) is 1.30. The van der Waals surface area contributed by atoms with Crippen molar-refractivity contribution in [1.82, 2.24) is 24.6 Å². The summed E-state index contributed by atoms with van der Waals surface area (Å²) >= 11 is 13.7. The van der Waals surface area contributed by atoms with E-state index in [0.717, 1.165) is 27.8 Å². The SMILES string of the molecule is COc1nc(-c2cccc(-c3cccc(NC(=O)c4nn(C)c(=O)n(C)c4=O)c3Cl)c2Cl)ccc1CNC[C@@H]1CCC(=O)C1. The number of ether oxygens (including phenoxy) is 1. The highest BCUT2D eigenvalue weighted by atomic mass is 35.5. The number of pyridine rings is 1. The topological polar surface area (TPSA) is 137 Å². The van der Waals surface area contributed by atoms with E-state index in [4.69, 9.17) is 32.9 Å². The van der Waals surface area contributed by atoms with E-state index in [0.29, 0.717) is 64.4 Å². The van der Waals surface area contributed by atoms with Crippen molar-refractivity contribution >= 4 is 40.6 Å². The monoisotopic (exact) mass is 636 g/mol. The number of aryl methyl sites for hydroxylation is 1. The lowest BCUT2D eigenvalue weighted by atomic mass is 10.00. The molecule has 11 nitrogen and oxygen atoms in total. The molecule has 1 aliphatic rings. The maximum atomic E-state index is 13.0. The molecule has 1 atom stereocenters. The summed E-state index contributed by atoms with van der Waals surface area (Å²) in [6, 6.07) is 14.3. The Morgan fingerprint density at radius 3 is 2.41 bits per heavy atom. The number of nitrogens with zero attached hydrogens (tertiary/aromatic N) is 4. The number of ketones is 1. The average molecular weight is 638 g/mol. The van der Waals surface area contributed by atoms with Crippen LogP contribution in [-0.4, -0.2) is 44.7 Å². The first kappa shape index (κ1) is 31.1.